The van der Waals surface area contributed by atoms with Gasteiger partial charge in [0.15, 0.2) is 0 Å². The van der Waals surface area contributed by atoms with Crippen LogP contribution in [0.1, 0.15) is 5.56 Å². The van der Waals surface area contributed by atoms with Crippen LogP contribution in [0.3, 0.4) is 0 Å². The first-order chi connectivity index (χ1) is 8.66. The lowest BCUT2D eigenvalue weighted by Gasteiger charge is -2.06. The molecule has 0 bridgehead atoms. The standard InChI is InChI=1S/C14H11BrN2O/c1-9-4-2-3-5-12(9)17-13-7-6-10(15)8-11(13)16-14(17)18/h2-8H,1H3,(H,16,18). The maximum Gasteiger partial charge on any atom is 0.331 e. The van der Waals surface area contributed by atoms with Gasteiger partial charge in [-0.25, -0.2) is 4.79 Å². The number of para-hydroxylation sites is 1. The summed E-state index contributed by atoms with van der Waals surface area (Å²) in [6, 6.07) is 13.6. The second kappa shape index (κ2) is 4.14. The minimum atomic E-state index is -0.114. The summed E-state index contributed by atoms with van der Waals surface area (Å²) in [5.41, 5.74) is 3.59. The fourth-order valence-electron chi connectivity index (χ4n) is 2.14. The van der Waals surface area contributed by atoms with E-state index in [1.165, 1.54) is 0 Å². The van der Waals surface area contributed by atoms with E-state index in [-0.39, 0.29) is 5.69 Å². The number of imidazole rings is 1. The minimum absolute atomic E-state index is 0.114. The summed E-state index contributed by atoms with van der Waals surface area (Å²) in [6.07, 6.45) is 0. The minimum Gasteiger partial charge on any atom is -0.305 e. The van der Waals surface area contributed by atoms with Crippen LogP contribution in [0.4, 0.5) is 0 Å². The Morgan fingerprint density at radius 1 is 1.17 bits per heavy atom. The fourth-order valence-corrected chi connectivity index (χ4v) is 2.50. The van der Waals surface area contributed by atoms with Crippen LogP contribution in [-0.2, 0) is 0 Å². The lowest BCUT2D eigenvalue weighted by atomic mass is 10.2. The van der Waals surface area contributed by atoms with Crippen molar-refractivity contribution in [2.45, 2.75) is 6.92 Å². The van der Waals surface area contributed by atoms with Crippen molar-refractivity contribution in [2.24, 2.45) is 0 Å². The Morgan fingerprint density at radius 3 is 2.72 bits per heavy atom. The highest BCUT2D eigenvalue weighted by Crippen LogP contribution is 2.21. The summed E-state index contributed by atoms with van der Waals surface area (Å²) in [7, 11) is 0. The van der Waals surface area contributed by atoms with Crippen LogP contribution in [0.5, 0.6) is 0 Å². The Kier molecular flexibility index (Phi) is 2.59. The Balaban J connectivity index is 2.40. The average Bonchev–Trinajstić information content (AvgIpc) is 2.65. The van der Waals surface area contributed by atoms with Crippen LogP contribution in [0, 0.1) is 6.92 Å². The van der Waals surface area contributed by atoms with Crippen molar-refractivity contribution in [1.29, 1.82) is 0 Å². The highest BCUT2D eigenvalue weighted by atomic mass is 79.9. The zero-order valence-corrected chi connectivity index (χ0v) is 11.4. The van der Waals surface area contributed by atoms with Crippen LogP contribution in [0.25, 0.3) is 16.7 Å². The normalized spacial score (nSPS) is 11.0. The van der Waals surface area contributed by atoms with Crippen molar-refractivity contribution in [3.8, 4) is 5.69 Å². The molecule has 18 heavy (non-hydrogen) atoms. The van der Waals surface area contributed by atoms with Gasteiger partial charge >= 0.3 is 5.69 Å². The molecule has 0 aliphatic heterocycles. The van der Waals surface area contributed by atoms with E-state index in [0.29, 0.717) is 0 Å². The van der Waals surface area contributed by atoms with Gasteiger partial charge < -0.3 is 4.98 Å². The van der Waals surface area contributed by atoms with E-state index in [9.17, 15) is 4.79 Å². The Hall–Kier alpha value is -1.81. The quantitative estimate of drug-likeness (QED) is 0.735. The molecule has 0 aliphatic carbocycles. The summed E-state index contributed by atoms with van der Waals surface area (Å²) in [4.78, 5) is 15.0. The third-order valence-electron chi connectivity index (χ3n) is 3.00. The first-order valence-corrected chi connectivity index (χ1v) is 6.42. The van der Waals surface area contributed by atoms with E-state index in [0.717, 1.165) is 26.8 Å². The lowest BCUT2D eigenvalue weighted by Crippen LogP contribution is -2.15. The van der Waals surface area contributed by atoms with Crippen LogP contribution in [-0.4, -0.2) is 9.55 Å². The summed E-state index contributed by atoms with van der Waals surface area (Å²) in [6.45, 7) is 2.00. The molecule has 0 fully saturated rings. The summed E-state index contributed by atoms with van der Waals surface area (Å²) in [5.74, 6) is 0. The van der Waals surface area contributed by atoms with Crippen LogP contribution >= 0.6 is 15.9 Å². The predicted octanol–water partition coefficient (Wildman–Crippen LogP) is 3.39. The maximum absolute atomic E-state index is 12.1. The molecule has 3 rings (SSSR count). The molecule has 0 saturated carbocycles. The van der Waals surface area contributed by atoms with E-state index < -0.39 is 0 Å². The van der Waals surface area contributed by atoms with Gasteiger partial charge in [-0.15, -0.1) is 0 Å². The summed E-state index contributed by atoms with van der Waals surface area (Å²) in [5, 5.41) is 0. The molecule has 2 aromatic carbocycles. The van der Waals surface area contributed by atoms with E-state index in [1.807, 2.05) is 49.4 Å². The number of hydrogen-bond donors (Lipinski definition) is 1. The van der Waals surface area contributed by atoms with Gasteiger partial charge in [-0.3, -0.25) is 4.57 Å². The molecule has 1 aromatic heterocycles. The summed E-state index contributed by atoms with van der Waals surface area (Å²) >= 11 is 3.41. The molecule has 0 atom stereocenters. The predicted molar refractivity (Wildman–Crippen MR) is 76.3 cm³/mol. The van der Waals surface area contributed by atoms with Crippen LogP contribution in [0.15, 0.2) is 51.7 Å². The third-order valence-corrected chi connectivity index (χ3v) is 3.49. The second-order valence-corrected chi connectivity index (χ2v) is 5.13. The number of aromatic nitrogens is 2. The number of nitrogens with zero attached hydrogens (tertiary/aromatic N) is 1. The van der Waals surface area contributed by atoms with E-state index in [1.54, 1.807) is 4.57 Å². The van der Waals surface area contributed by atoms with E-state index in [4.69, 9.17) is 0 Å². The Morgan fingerprint density at radius 2 is 1.94 bits per heavy atom. The molecule has 0 radical (unpaired) electrons. The van der Waals surface area contributed by atoms with Gasteiger partial charge in [0, 0.05) is 4.47 Å². The SMILES string of the molecule is Cc1ccccc1-n1c(=O)[nH]c2cc(Br)ccc21. The van der Waals surface area contributed by atoms with Gasteiger partial charge in [0.2, 0.25) is 0 Å². The average molecular weight is 303 g/mol. The molecule has 3 aromatic rings. The number of benzene rings is 2. The molecule has 0 unspecified atom stereocenters. The van der Waals surface area contributed by atoms with Crippen molar-refractivity contribution in [3.63, 3.8) is 0 Å². The molecule has 0 amide bonds. The molecule has 0 saturated heterocycles. The highest BCUT2D eigenvalue weighted by Gasteiger charge is 2.10. The number of nitrogens with one attached hydrogen (secondary N) is 1. The van der Waals surface area contributed by atoms with Crippen LogP contribution < -0.4 is 5.69 Å². The molecule has 0 aliphatic rings. The monoisotopic (exact) mass is 302 g/mol. The number of rotatable bonds is 1. The zero-order chi connectivity index (χ0) is 12.7. The van der Waals surface area contributed by atoms with Crippen molar-refractivity contribution >= 4 is 27.0 Å². The number of fused-ring (bicyclic) bond motifs is 1. The lowest BCUT2D eigenvalue weighted by molar-refractivity contribution is 1.00. The van der Waals surface area contributed by atoms with Crippen molar-refractivity contribution in [1.82, 2.24) is 9.55 Å². The van der Waals surface area contributed by atoms with E-state index in [2.05, 4.69) is 20.9 Å². The first-order valence-electron chi connectivity index (χ1n) is 5.63. The zero-order valence-electron chi connectivity index (χ0n) is 9.77. The van der Waals surface area contributed by atoms with Gasteiger partial charge in [-0.1, -0.05) is 34.1 Å². The molecule has 4 heteroatoms. The molecule has 3 nitrogen and oxygen atoms in total. The molecular weight excluding hydrogens is 292 g/mol. The van der Waals surface area contributed by atoms with Gasteiger partial charge in [-0.2, -0.15) is 0 Å². The van der Waals surface area contributed by atoms with Gasteiger partial charge in [-0.05, 0) is 36.8 Å². The number of H-pyrrole nitrogens is 1. The Bertz CT molecular complexity index is 786. The molecule has 1 N–H and O–H groups in total. The van der Waals surface area contributed by atoms with E-state index >= 15 is 0 Å². The first kappa shape index (κ1) is 11.3. The second-order valence-electron chi connectivity index (χ2n) is 4.21. The summed E-state index contributed by atoms with van der Waals surface area (Å²) < 4.78 is 2.66. The van der Waals surface area contributed by atoms with Gasteiger partial charge in [0.05, 0.1) is 16.7 Å². The molecule has 1 heterocycles. The maximum atomic E-state index is 12.1. The largest absolute Gasteiger partial charge is 0.331 e. The fraction of sp³-hybridized carbons (Fsp3) is 0.0714. The molecule has 0 spiro atoms. The van der Waals surface area contributed by atoms with Crippen molar-refractivity contribution in [2.75, 3.05) is 0 Å². The number of hydrogen-bond acceptors (Lipinski definition) is 1. The number of aryl methyl sites for hydroxylation is 1. The molecule has 90 valence electrons. The van der Waals surface area contributed by atoms with Crippen LogP contribution in [0.2, 0.25) is 0 Å². The smallest absolute Gasteiger partial charge is 0.305 e. The van der Waals surface area contributed by atoms with Crippen molar-refractivity contribution < 1.29 is 0 Å². The topological polar surface area (TPSA) is 37.8 Å². The van der Waals surface area contributed by atoms with Crippen molar-refractivity contribution in [3.05, 3.63) is 63.0 Å². The molecular formula is C14H11BrN2O. The van der Waals surface area contributed by atoms with Gasteiger partial charge in [0.1, 0.15) is 0 Å². The third kappa shape index (κ3) is 1.69. The number of halogens is 1. The van der Waals surface area contributed by atoms with Gasteiger partial charge in [0.25, 0.3) is 0 Å². The number of aromatic amines is 1. The highest BCUT2D eigenvalue weighted by molar-refractivity contribution is 9.10. The Labute approximate surface area is 112 Å².